The molecule has 0 amide bonds. The fraction of sp³-hybridized carbons (Fsp3) is 0.556. The second-order valence-electron chi connectivity index (χ2n) is 2.96. The number of aryl methyl sites for hydroxylation is 1. The van der Waals surface area contributed by atoms with E-state index in [4.69, 9.17) is 5.11 Å². The Morgan fingerprint density at radius 1 is 1.64 bits per heavy atom. The zero-order valence-electron chi connectivity index (χ0n) is 7.12. The van der Waals surface area contributed by atoms with E-state index in [1.54, 1.807) is 0 Å². The normalized spacial score (nSPS) is 13.4. The Morgan fingerprint density at radius 3 is 2.82 bits per heavy atom. The van der Waals surface area contributed by atoms with E-state index in [0.29, 0.717) is 5.92 Å². The summed E-state index contributed by atoms with van der Waals surface area (Å²) in [5, 5.41) is 8.72. The topological polar surface area (TPSA) is 25.2 Å². The Bertz CT molecular complexity index is 217. The monoisotopic (exact) mass is 153 g/mol. The molecule has 0 aliphatic rings. The van der Waals surface area contributed by atoms with Crippen LogP contribution in [-0.2, 0) is 7.05 Å². The molecule has 0 aliphatic heterocycles. The average molecular weight is 153 g/mol. The van der Waals surface area contributed by atoms with Crippen LogP contribution >= 0.6 is 0 Å². The van der Waals surface area contributed by atoms with Crippen molar-refractivity contribution < 1.29 is 5.11 Å². The lowest BCUT2D eigenvalue weighted by Crippen LogP contribution is -2.02. The molecule has 0 unspecified atom stereocenters. The predicted octanol–water partition coefficient (Wildman–Crippen LogP) is 1.51. The Morgan fingerprint density at radius 2 is 2.36 bits per heavy atom. The van der Waals surface area contributed by atoms with E-state index < -0.39 is 0 Å². The summed E-state index contributed by atoms with van der Waals surface area (Å²) >= 11 is 0. The van der Waals surface area contributed by atoms with E-state index >= 15 is 0 Å². The quantitative estimate of drug-likeness (QED) is 0.699. The fourth-order valence-corrected chi connectivity index (χ4v) is 1.33. The van der Waals surface area contributed by atoms with Gasteiger partial charge in [0.15, 0.2) is 0 Å². The molecule has 1 aromatic heterocycles. The van der Waals surface area contributed by atoms with Gasteiger partial charge in [0.2, 0.25) is 0 Å². The third-order valence-electron chi connectivity index (χ3n) is 2.05. The lowest BCUT2D eigenvalue weighted by Gasteiger charge is -2.10. The van der Waals surface area contributed by atoms with Crippen LogP contribution in [0, 0.1) is 0 Å². The summed E-state index contributed by atoms with van der Waals surface area (Å²) < 4.78 is 2.10. The van der Waals surface area contributed by atoms with Gasteiger partial charge in [0.25, 0.3) is 0 Å². The van der Waals surface area contributed by atoms with Crippen LogP contribution in [0.1, 0.15) is 25.0 Å². The van der Waals surface area contributed by atoms with Crippen LogP contribution in [0.5, 0.6) is 0 Å². The summed E-state index contributed by atoms with van der Waals surface area (Å²) in [6, 6.07) is 4.13. The maximum atomic E-state index is 8.72. The van der Waals surface area contributed by atoms with Crippen molar-refractivity contribution in [3.8, 4) is 0 Å². The fourth-order valence-electron chi connectivity index (χ4n) is 1.33. The molecular formula is C9H15NO. The van der Waals surface area contributed by atoms with Crippen molar-refractivity contribution in [2.24, 2.45) is 7.05 Å². The number of nitrogens with zero attached hydrogens (tertiary/aromatic N) is 1. The Kier molecular flexibility index (Phi) is 2.71. The molecule has 0 aliphatic carbocycles. The lowest BCUT2D eigenvalue weighted by atomic mass is 10.1. The summed E-state index contributed by atoms with van der Waals surface area (Å²) in [7, 11) is 2.03. The molecule has 1 N–H and O–H groups in total. The first-order chi connectivity index (χ1) is 5.25. The van der Waals surface area contributed by atoms with Gasteiger partial charge in [-0.05, 0) is 24.5 Å². The molecule has 0 saturated carbocycles. The first kappa shape index (κ1) is 8.34. The zero-order chi connectivity index (χ0) is 8.27. The minimum atomic E-state index is 0.270. The van der Waals surface area contributed by atoms with Crippen LogP contribution in [0.25, 0.3) is 0 Å². The maximum absolute atomic E-state index is 8.72. The number of aromatic nitrogens is 1. The zero-order valence-corrected chi connectivity index (χ0v) is 7.12. The number of hydrogen-bond acceptors (Lipinski definition) is 1. The van der Waals surface area contributed by atoms with E-state index in [0.717, 1.165) is 6.42 Å². The minimum absolute atomic E-state index is 0.270. The standard InChI is InChI=1S/C9H15NO/c1-8(5-7-11)9-4-3-6-10(9)2/h3-4,6,8,11H,5,7H2,1-2H3/t8-/m1/s1. The van der Waals surface area contributed by atoms with Gasteiger partial charge in [0.05, 0.1) is 0 Å². The molecule has 2 heteroatoms. The van der Waals surface area contributed by atoms with Crippen molar-refractivity contribution in [2.45, 2.75) is 19.3 Å². The molecule has 0 saturated heterocycles. The number of hydrogen-bond donors (Lipinski definition) is 1. The molecule has 1 rings (SSSR count). The molecule has 2 nitrogen and oxygen atoms in total. The second kappa shape index (κ2) is 3.58. The molecule has 1 atom stereocenters. The van der Waals surface area contributed by atoms with Crippen LogP contribution in [0.2, 0.25) is 0 Å². The van der Waals surface area contributed by atoms with Crippen LogP contribution in [-0.4, -0.2) is 16.3 Å². The van der Waals surface area contributed by atoms with Gasteiger partial charge in [-0.25, -0.2) is 0 Å². The maximum Gasteiger partial charge on any atom is 0.0437 e. The van der Waals surface area contributed by atoms with Gasteiger partial charge in [-0.1, -0.05) is 6.92 Å². The summed E-state index contributed by atoms with van der Waals surface area (Å²) in [6.45, 7) is 2.40. The van der Waals surface area contributed by atoms with Crippen molar-refractivity contribution >= 4 is 0 Å². The van der Waals surface area contributed by atoms with Gasteiger partial charge in [-0.3, -0.25) is 0 Å². The molecule has 0 radical (unpaired) electrons. The van der Waals surface area contributed by atoms with E-state index in [-0.39, 0.29) is 6.61 Å². The number of rotatable bonds is 3. The van der Waals surface area contributed by atoms with E-state index in [9.17, 15) is 0 Å². The van der Waals surface area contributed by atoms with Gasteiger partial charge >= 0.3 is 0 Å². The molecule has 0 aromatic carbocycles. The third kappa shape index (κ3) is 1.84. The molecule has 0 spiro atoms. The van der Waals surface area contributed by atoms with Crippen LogP contribution in [0.4, 0.5) is 0 Å². The summed E-state index contributed by atoms with van der Waals surface area (Å²) in [5.41, 5.74) is 1.29. The predicted molar refractivity (Wildman–Crippen MR) is 45.5 cm³/mol. The Labute approximate surface area is 67.5 Å². The van der Waals surface area contributed by atoms with Crippen molar-refractivity contribution in [1.29, 1.82) is 0 Å². The minimum Gasteiger partial charge on any atom is -0.396 e. The molecule has 1 heterocycles. The molecular weight excluding hydrogens is 138 g/mol. The highest BCUT2D eigenvalue weighted by Gasteiger charge is 2.06. The Hall–Kier alpha value is -0.760. The van der Waals surface area contributed by atoms with Crippen LogP contribution in [0.3, 0.4) is 0 Å². The summed E-state index contributed by atoms with van der Waals surface area (Å²) in [5.74, 6) is 0.458. The van der Waals surface area contributed by atoms with Crippen molar-refractivity contribution in [1.82, 2.24) is 4.57 Å². The highest BCUT2D eigenvalue weighted by molar-refractivity contribution is 5.11. The first-order valence-corrected chi connectivity index (χ1v) is 3.97. The highest BCUT2D eigenvalue weighted by Crippen LogP contribution is 2.17. The number of aliphatic hydroxyl groups excluding tert-OH is 1. The lowest BCUT2D eigenvalue weighted by molar-refractivity contribution is 0.277. The Balaban J connectivity index is 2.67. The largest absolute Gasteiger partial charge is 0.396 e. The van der Waals surface area contributed by atoms with Gasteiger partial charge in [-0.2, -0.15) is 0 Å². The van der Waals surface area contributed by atoms with E-state index in [1.165, 1.54) is 5.69 Å². The molecule has 0 bridgehead atoms. The average Bonchev–Trinajstić information content (AvgIpc) is 2.36. The van der Waals surface area contributed by atoms with Crippen LogP contribution in [0.15, 0.2) is 18.3 Å². The highest BCUT2D eigenvalue weighted by atomic mass is 16.3. The molecule has 62 valence electrons. The van der Waals surface area contributed by atoms with Gasteiger partial charge in [-0.15, -0.1) is 0 Å². The molecule has 0 fully saturated rings. The number of aliphatic hydroxyl groups is 1. The van der Waals surface area contributed by atoms with Crippen LogP contribution < -0.4 is 0 Å². The smallest absolute Gasteiger partial charge is 0.0437 e. The SMILES string of the molecule is C[C@H](CCO)c1cccn1C. The van der Waals surface area contributed by atoms with E-state index in [1.807, 2.05) is 19.3 Å². The first-order valence-electron chi connectivity index (χ1n) is 3.97. The van der Waals surface area contributed by atoms with Gasteiger partial charge in [0, 0.05) is 25.5 Å². The molecule has 1 aromatic rings. The van der Waals surface area contributed by atoms with Crippen molar-refractivity contribution in [3.63, 3.8) is 0 Å². The van der Waals surface area contributed by atoms with Crippen molar-refractivity contribution in [2.75, 3.05) is 6.61 Å². The van der Waals surface area contributed by atoms with E-state index in [2.05, 4.69) is 17.6 Å². The van der Waals surface area contributed by atoms with Gasteiger partial charge in [0.1, 0.15) is 0 Å². The summed E-state index contributed by atoms with van der Waals surface area (Å²) in [4.78, 5) is 0. The van der Waals surface area contributed by atoms with Crippen molar-refractivity contribution in [3.05, 3.63) is 24.0 Å². The third-order valence-corrected chi connectivity index (χ3v) is 2.05. The summed E-state index contributed by atoms with van der Waals surface area (Å²) in [6.07, 6.45) is 2.88. The molecule has 11 heavy (non-hydrogen) atoms. The second-order valence-corrected chi connectivity index (χ2v) is 2.96. The van der Waals surface area contributed by atoms with Gasteiger partial charge < -0.3 is 9.67 Å².